The van der Waals surface area contributed by atoms with E-state index in [1.54, 1.807) is 11.3 Å². The van der Waals surface area contributed by atoms with Gasteiger partial charge in [0.1, 0.15) is 0 Å². The van der Waals surface area contributed by atoms with Gasteiger partial charge in [-0.15, -0.1) is 11.3 Å². The minimum Gasteiger partial charge on any atom is -0.311 e. The van der Waals surface area contributed by atoms with Gasteiger partial charge in [0, 0.05) is 26.8 Å². The predicted octanol–water partition coefficient (Wildman–Crippen LogP) is 8.93. The monoisotopic (exact) mass is 454 g/mol. The quantitative estimate of drug-likeness (QED) is 0.256. The highest BCUT2D eigenvalue weighted by Crippen LogP contribution is 2.34. The summed E-state index contributed by atoms with van der Waals surface area (Å²) in [6.07, 6.45) is 4.30. The SMILES string of the molecule is N#Cc1ccc(-c2ccc(C=Cc3ccc(N(c4ccccc4)c4ccccc4)cc3)s2)cc1. The van der Waals surface area contributed by atoms with Crippen LogP contribution in [-0.4, -0.2) is 0 Å². The summed E-state index contributed by atoms with van der Waals surface area (Å²) in [5, 5.41) is 8.99. The molecular formula is C31H22N2S. The van der Waals surface area contributed by atoms with Gasteiger partial charge in [-0.3, -0.25) is 0 Å². The van der Waals surface area contributed by atoms with E-state index >= 15 is 0 Å². The summed E-state index contributed by atoms with van der Waals surface area (Å²) in [4.78, 5) is 4.65. The lowest BCUT2D eigenvalue weighted by molar-refractivity contribution is 1.28. The fourth-order valence-electron chi connectivity index (χ4n) is 3.82. The van der Waals surface area contributed by atoms with Crippen LogP contribution < -0.4 is 4.90 Å². The van der Waals surface area contributed by atoms with Crippen molar-refractivity contribution in [3.63, 3.8) is 0 Å². The summed E-state index contributed by atoms with van der Waals surface area (Å²) < 4.78 is 0. The van der Waals surface area contributed by atoms with Crippen LogP contribution in [0.15, 0.2) is 121 Å². The Kier molecular flexibility index (Phi) is 6.34. The summed E-state index contributed by atoms with van der Waals surface area (Å²) in [7, 11) is 0. The van der Waals surface area contributed by atoms with E-state index < -0.39 is 0 Å². The molecule has 34 heavy (non-hydrogen) atoms. The lowest BCUT2D eigenvalue weighted by Crippen LogP contribution is -2.09. The van der Waals surface area contributed by atoms with Gasteiger partial charge in [-0.2, -0.15) is 5.26 Å². The molecule has 0 saturated heterocycles. The first-order valence-corrected chi connectivity index (χ1v) is 11.9. The molecule has 0 spiro atoms. The zero-order valence-corrected chi connectivity index (χ0v) is 19.3. The topological polar surface area (TPSA) is 27.0 Å². The van der Waals surface area contributed by atoms with Crippen LogP contribution in [0, 0.1) is 11.3 Å². The van der Waals surface area contributed by atoms with Gasteiger partial charge in [-0.25, -0.2) is 0 Å². The molecule has 1 aromatic heterocycles. The number of anilines is 3. The Balaban J connectivity index is 1.36. The van der Waals surface area contributed by atoms with Gasteiger partial charge in [-0.1, -0.05) is 66.7 Å². The van der Waals surface area contributed by atoms with Crippen molar-refractivity contribution in [3.05, 3.63) is 137 Å². The maximum absolute atomic E-state index is 8.99. The Morgan fingerprint density at radius 2 is 1.18 bits per heavy atom. The first-order chi connectivity index (χ1) is 16.8. The molecule has 0 atom stereocenters. The van der Waals surface area contributed by atoms with Crippen molar-refractivity contribution in [2.24, 2.45) is 0 Å². The summed E-state index contributed by atoms with van der Waals surface area (Å²) in [6, 6.07) is 43.6. The molecular weight excluding hydrogens is 432 g/mol. The second-order valence-electron chi connectivity index (χ2n) is 7.82. The van der Waals surface area contributed by atoms with Crippen LogP contribution in [0.1, 0.15) is 16.0 Å². The molecule has 162 valence electrons. The number of para-hydroxylation sites is 2. The van der Waals surface area contributed by atoms with Crippen molar-refractivity contribution < 1.29 is 0 Å². The molecule has 4 aromatic carbocycles. The van der Waals surface area contributed by atoms with Gasteiger partial charge in [-0.05, 0) is 77.9 Å². The summed E-state index contributed by atoms with van der Waals surface area (Å²) in [5.41, 5.74) is 6.35. The summed E-state index contributed by atoms with van der Waals surface area (Å²) in [5.74, 6) is 0. The van der Waals surface area contributed by atoms with Gasteiger partial charge < -0.3 is 4.90 Å². The van der Waals surface area contributed by atoms with Crippen molar-refractivity contribution in [2.45, 2.75) is 0 Å². The first kappa shape index (κ1) is 21.5. The molecule has 5 rings (SSSR count). The van der Waals surface area contributed by atoms with Gasteiger partial charge in [0.05, 0.1) is 11.6 Å². The lowest BCUT2D eigenvalue weighted by Gasteiger charge is -2.25. The van der Waals surface area contributed by atoms with Crippen LogP contribution in [0.4, 0.5) is 17.1 Å². The van der Waals surface area contributed by atoms with Gasteiger partial charge in [0.15, 0.2) is 0 Å². The van der Waals surface area contributed by atoms with Crippen LogP contribution in [0.5, 0.6) is 0 Å². The number of thiophene rings is 1. The maximum atomic E-state index is 8.99. The average molecular weight is 455 g/mol. The number of rotatable bonds is 6. The fourth-order valence-corrected chi connectivity index (χ4v) is 4.74. The van der Waals surface area contributed by atoms with E-state index in [1.165, 1.54) is 9.75 Å². The molecule has 0 bridgehead atoms. The zero-order valence-electron chi connectivity index (χ0n) is 18.5. The van der Waals surface area contributed by atoms with Crippen LogP contribution in [0.25, 0.3) is 22.6 Å². The van der Waals surface area contributed by atoms with Crippen molar-refractivity contribution in [2.75, 3.05) is 4.90 Å². The zero-order chi connectivity index (χ0) is 23.2. The standard InChI is InChI=1S/C31H22N2S/c32-23-25-11-16-26(17-12-25)31-22-21-30(34-31)20-15-24-13-18-29(19-14-24)33(27-7-3-1-4-8-27)28-9-5-2-6-10-28/h1-22H. The van der Waals surface area contributed by atoms with Gasteiger partial charge >= 0.3 is 0 Å². The second-order valence-corrected chi connectivity index (χ2v) is 8.94. The van der Waals surface area contributed by atoms with E-state index in [-0.39, 0.29) is 0 Å². The van der Waals surface area contributed by atoms with E-state index in [4.69, 9.17) is 5.26 Å². The predicted molar refractivity (Wildman–Crippen MR) is 145 cm³/mol. The Morgan fingerprint density at radius 3 is 1.76 bits per heavy atom. The van der Waals surface area contributed by atoms with Crippen molar-refractivity contribution in [1.29, 1.82) is 5.26 Å². The lowest BCUT2D eigenvalue weighted by atomic mass is 10.1. The van der Waals surface area contributed by atoms with E-state index in [0.29, 0.717) is 5.56 Å². The third-order valence-corrected chi connectivity index (χ3v) is 6.64. The molecule has 0 fully saturated rings. The van der Waals surface area contributed by atoms with Crippen LogP contribution in [-0.2, 0) is 0 Å². The maximum Gasteiger partial charge on any atom is 0.0991 e. The van der Waals surface area contributed by atoms with Crippen molar-refractivity contribution >= 4 is 40.6 Å². The number of nitriles is 1. The van der Waals surface area contributed by atoms with E-state index in [0.717, 1.165) is 28.2 Å². The highest BCUT2D eigenvalue weighted by atomic mass is 32.1. The highest BCUT2D eigenvalue weighted by Gasteiger charge is 2.11. The van der Waals surface area contributed by atoms with Crippen molar-refractivity contribution in [3.8, 4) is 16.5 Å². The van der Waals surface area contributed by atoms with E-state index in [9.17, 15) is 0 Å². The summed E-state index contributed by atoms with van der Waals surface area (Å²) in [6.45, 7) is 0. The Hall–Kier alpha value is -4.39. The fraction of sp³-hybridized carbons (Fsp3) is 0. The number of nitrogens with zero attached hydrogens (tertiary/aromatic N) is 2. The largest absolute Gasteiger partial charge is 0.311 e. The molecule has 5 aromatic rings. The molecule has 0 aliphatic rings. The molecule has 0 radical (unpaired) electrons. The molecule has 0 unspecified atom stereocenters. The number of hydrogen-bond donors (Lipinski definition) is 0. The molecule has 0 aliphatic carbocycles. The van der Waals surface area contributed by atoms with E-state index in [1.807, 2.05) is 36.4 Å². The van der Waals surface area contributed by atoms with E-state index in [2.05, 4.69) is 108 Å². The molecule has 0 aliphatic heterocycles. The highest BCUT2D eigenvalue weighted by molar-refractivity contribution is 7.16. The molecule has 0 saturated carbocycles. The smallest absolute Gasteiger partial charge is 0.0991 e. The van der Waals surface area contributed by atoms with Crippen LogP contribution in [0.3, 0.4) is 0 Å². The second kappa shape index (κ2) is 10.0. The number of benzene rings is 4. The molecule has 0 N–H and O–H groups in total. The first-order valence-electron chi connectivity index (χ1n) is 11.1. The van der Waals surface area contributed by atoms with Gasteiger partial charge in [0.2, 0.25) is 0 Å². The summed E-state index contributed by atoms with van der Waals surface area (Å²) >= 11 is 1.74. The molecule has 2 nitrogen and oxygen atoms in total. The number of hydrogen-bond acceptors (Lipinski definition) is 3. The molecule has 3 heteroatoms. The minimum atomic E-state index is 0.682. The van der Waals surface area contributed by atoms with Crippen LogP contribution >= 0.6 is 11.3 Å². The molecule has 1 heterocycles. The van der Waals surface area contributed by atoms with Crippen LogP contribution in [0.2, 0.25) is 0 Å². The average Bonchev–Trinajstić information content (AvgIpc) is 3.39. The Morgan fingerprint density at radius 1 is 0.588 bits per heavy atom. The minimum absolute atomic E-state index is 0.682. The van der Waals surface area contributed by atoms with Gasteiger partial charge in [0.25, 0.3) is 0 Å². The Labute approximate surface area is 204 Å². The third-order valence-electron chi connectivity index (χ3n) is 5.55. The third kappa shape index (κ3) is 4.83. The molecule has 0 amide bonds. The van der Waals surface area contributed by atoms with Crippen molar-refractivity contribution in [1.82, 2.24) is 0 Å². The Bertz CT molecular complexity index is 1390. The normalized spacial score (nSPS) is 10.8.